The van der Waals surface area contributed by atoms with Crippen LogP contribution in [-0.2, 0) is 18.4 Å². The highest BCUT2D eigenvalue weighted by Gasteiger charge is 2.10. The summed E-state index contributed by atoms with van der Waals surface area (Å²) >= 11 is 0. The number of aryl methyl sites for hydroxylation is 2. The Labute approximate surface area is 142 Å². The molecule has 0 saturated heterocycles. The van der Waals surface area contributed by atoms with Crippen LogP contribution in [0.15, 0.2) is 43.1 Å². The Morgan fingerprint density at radius 3 is 2.72 bits per heavy atom. The monoisotopic (exact) mass is 336 g/mol. The molecular weight excluding hydrogens is 320 g/mol. The number of carbonyl (C=O) groups excluding carboxylic acids is 1. The Morgan fingerprint density at radius 1 is 1.12 bits per heavy atom. The number of hydrogen-bond acceptors (Lipinski definition) is 5. The molecule has 0 aliphatic carbocycles. The number of nitrogens with zero attached hydrogens (tertiary/aromatic N) is 7. The fourth-order valence-electron chi connectivity index (χ4n) is 2.54. The Bertz CT molecular complexity index is 1060. The van der Waals surface area contributed by atoms with Gasteiger partial charge in [-0.3, -0.25) is 19.5 Å². The first-order valence-corrected chi connectivity index (χ1v) is 7.71. The van der Waals surface area contributed by atoms with E-state index < -0.39 is 0 Å². The number of fused-ring (bicyclic) bond motifs is 1. The van der Waals surface area contributed by atoms with Gasteiger partial charge in [0.2, 0.25) is 11.9 Å². The van der Waals surface area contributed by atoms with Gasteiger partial charge in [0.15, 0.2) is 5.65 Å². The Hall–Kier alpha value is -3.49. The number of amides is 1. The third kappa shape index (κ3) is 3.11. The Kier molecular flexibility index (Phi) is 3.53. The summed E-state index contributed by atoms with van der Waals surface area (Å²) in [6.45, 7) is 2.04. The third-order valence-electron chi connectivity index (χ3n) is 3.69. The first-order chi connectivity index (χ1) is 12.1. The van der Waals surface area contributed by atoms with E-state index in [0.29, 0.717) is 5.65 Å². The van der Waals surface area contributed by atoms with Crippen molar-refractivity contribution < 1.29 is 4.79 Å². The first kappa shape index (κ1) is 15.1. The van der Waals surface area contributed by atoms with Gasteiger partial charge in [-0.1, -0.05) is 0 Å². The van der Waals surface area contributed by atoms with Crippen LogP contribution < -0.4 is 5.32 Å². The molecule has 0 aliphatic rings. The summed E-state index contributed by atoms with van der Waals surface area (Å²) in [6.07, 6.45) is 9.07. The molecule has 9 heteroatoms. The summed E-state index contributed by atoms with van der Waals surface area (Å²) in [5.41, 5.74) is 3.61. The molecule has 0 aliphatic heterocycles. The molecule has 0 bridgehead atoms. The smallest absolute Gasteiger partial charge is 0.249 e. The Balaban J connectivity index is 1.53. The van der Waals surface area contributed by atoms with Crippen LogP contribution in [0.3, 0.4) is 0 Å². The zero-order chi connectivity index (χ0) is 17.4. The van der Waals surface area contributed by atoms with Crippen molar-refractivity contribution in [1.29, 1.82) is 0 Å². The largest absolute Gasteiger partial charge is 0.292 e. The summed E-state index contributed by atoms with van der Waals surface area (Å²) in [7, 11) is 1.87. The van der Waals surface area contributed by atoms with Gasteiger partial charge in [0.25, 0.3) is 0 Å². The molecule has 0 saturated carbocycles. The molecule has 1 N–H and O–H groups in total. The van der Waals surface area contributed by atoms with E-state index in [-0.39, 0.29) is 18.4 Å². The molecule has 126 valence electrons. The van der Waals surface area contributed by atoms with Crippen molar-refractivity contribution in [1.82, 2.24) is 34.2 Å². The maximum absolute atomic E-state index is 12.1. The second-order valence-corrected chi connectivity index (χ2v) is 5.82. The van der Waals surface area contributed by atoms with Crippen LogP contribution in [-0.4, -0.2) is 40.1 Å². The van der Waals surface area contributed by atoms with Crippen molar-refractivity contribution in [3.63, 3.8) is 0 Å². The van der Waals surface area contributed by atoms with Crippen molar-refractivity contribution >= 4 is 17.5 Å². The SMILES string of the molecule is Cc1cnn(CC(=O)Nc2nc3ccc(-c4cnn(C)c4)cn3n2)c1. The minimum atomic E-state index is -0.230. The van der Waals surface area contributed by atoms with E-state index in [1.54, 1.807) is 32.5 Å². The van der Waals surface area contributed by atoms with E-state index in [1.807, 2.05) is 38.5 Å². The fourth-order valence-corrected chi connectivity index (χ4v) is 2.54. The molecule has 25 heavy (non-hydrogen) atoms. The highest BCUT2D eigenvalue weighted by atomic mass is 16.2. The quantitative estimate of drug-likeness (QED) is 0.606. The van der Waals surface area contributed by atoms with Crippen LogP contribution in [0.1, 0.15) is 5.56 Å². The summed E-state index contributed by atoms with van der Waals surface area (Å²) in [6, 6.07) is 3.79. The highest BCUT2D eigenvalue weighted by Crippen LogP contribution is 2.19. The summed E-state index contributed by atoms with van der Waals surface area (Å²) < 4.78 is 4.94. The van der Waals surface area contributed by atoms with E-state index in [1.165, 1.54) is 0 Å². The lowest BCUT2D eigenvalue weighted by Crippen LogP contribution is -2.19. The van der Waals surface area contributed by atoms with Crippen LogP contribution in [0.5, 0.6) is 0 Å². The van der Waals surface area contributed by atoms with Crippen LogP contribution in [0.2, 0.25) is 0 Å². The molecule has 0 unspecified atom stereocenters. The van der Waals surface area contributed by atoms with E-state index in [2.05, 4.69) is 25.6 Å². The molecule has 0 atom stereocenters. The predicted molar refractivity (Wildman–Crippen MR) is 90.8 cm³/mol. The number of carbonyl (C=O) groups is 1. The molecular formula is C16H16N8O. The molecule has 4 rings (SSSR count). The van der Waals surface area contributed by atoms with E-state index in [0.717, 1.165) is 16.7 Å². The van der Waals surface area contributed by atoms with Crippen molar-refractivity contribution in [3.8, 4) is 11.1 Å². The Morgan fingerprint density at radius 2 is 2.00 bits per heavy atom. The van der Waals surface area contributed by atoms with Gasteiger partial charge >= 0.3 is 0 Å². The zero-order valence-electron chi connectivity index (χ0n) is 13.8. The van der Waals surface area contributed by atoms with Crippen molar-refractivity contribution in [3.05, 3.63) is 48.7 Å². The average Bonchev–Trinajstić information content (AvgIpc) is 3.26. The molecule has 0 fully saturated rings. The van der Waals surface area contributed by atoms with Gasteiger partial charge in [0.05, 0.1) is 12.4 Å². The lowest BCUT2D eigenvalue weighted by molar-refractivity contribution is -0.116. The number of nitrogens with one attached hydrogen (secondary N) is 1. The van der Waals surface area contributed by atoms with Gasteiger partial charge in [-0.05, 0) is 24.6 Å². The van der Waals surface area contributed by atoms with Crippen molar-refractivity contribution in [2.75, 3.05) is 5.32 Å². The summed E-state index contributed by atoms with van der Waals surface area (Å²) in [4.78, 5) is 16.4. The summed E-state index contributed by atoms with van der Waals surface area (Å²) in [5.74, 6) is 0.0312. The molecule has 9 nitrogen and oxygen atoms in total. The normalized spacial score (nSPS) is 11.1. The molecule has 0 radical (unpaired) electrons. The van der Waals surface area contributed by atoms with Crippen molar-refractivity contribution in [2.45, 2.75) is 13.5 Å². The molecule has 4 heterocycles. The molecule has 0 aromatic carbocycles. The number of aromatic nitrogens is 7. The van der Waals surface area contributed by atoms with Gasteiger partial charge in [0, 0.05) is 36.8 Å². The van der Waals surface area contributed by atoms with Crippen LogP contribution in [0.25, 0.3) is 16.8 Å². The van der Waals surface area contributed by atoms with Crippen molar-refractivity contribution in [2.24, 2.45) is 7.05 Å². The first-order valence-electron chi connectivity index (χ1n) is 7.71. The minimum absolute atomic E-state index is 0.115. The minimum Gasteiger partial charge on any atom is -0.292 e. The second-order valence-electron chi connectivity index (χ2n) is 5.82. The topological polar surface area (TPSA) is 94.9 Å². The molecule has 1 amide bonds. The van der Waals surface area contributed by atoms with Crippen LogP contribution in [0, 0.1) is 6.92 Å². The lowest BCUT2D eigenvalue weighted by Gasteiger charge is -2.00. The van der Waals surface area contributed by atoms with Gasteiger partial charge in [0.1, 0.15) is 6.54 Å². The van der Waals surface area contributed by atoms with E-state index in [4.69, 9.17) is 0 Å². The van der Waals surface area contributed by atoms with Gasteiger partial charge < -0.3 is 0 Å². The second kappa shape index (κ2) is 5.86. The number of anilines is 1. The number of rotatable bonds is 4. The summed E-state index contributed by atoms with van der Waals surface area (Å²) in [5, 5.41) is 15.3. The molecule has 0 spiro atoms. The maximum atomic E-state index is 12.1. The molecule has 4 aromatic rings. The average molecular weight is 336 g/mol. The fraction of sp³-hybridized carbons (Fsp3) is 0.188. The highest BCUT2D eigenvalue weighted by molar-refractivity contribution is 5.88. The van der Waals surface area contributed by atoms with Gasteiger partial charge in [-0.25, -0.2) is 4.52 Å². The van der Waals surface area contributed by atoms with E-state index in [9.17, 15) is 4.79 Å². The zero-order valence-corrected chi connectivity index (χ0v) is 13.8. The lowest BCUT2D eigenvalue weighted by atomic mass is 10.2. The molecule has 4 aromatic heterocycles. The third-order valence-corrected chi connectivity index (χ3v) is 3.69. The predicted octanol–water partition coefficient (Wildman–Crippen LogP) is 1.27. The van der Waals surface area contributed by atoms with Crippen LogP contribution >= 0.6 is 0 Å². The van der Waals surface area contributed by atoms with E-state index >= 15 is 0 Å². The van der Waals surface area contributed by atoms with Gasteiger partial charge in [-0.15, -0.1) is 5.10 Å². The number of hydrogen-bond donors (Lipinski definition) is 1. The van der Waals surface area contributed by atoms with Crippen LogP contribution in [0.4, 0.5) is 5.95 Å². The standard InChI is InChI=1S/C16H16N8O/c1-11-5-18-23(7-11)10-15(25)20-16-19-14-4-3-12(9-24(14)21-16)13-6-17-22(2)8-13/h3-9H,10H2,1-2H3,(H,20,21,25). The maximum Gasteiger partial charge on any atom is 0.249 e. The van der Waals surface area contributed by atoms with Gasteiger partial charge in [-0.2, -0.15) is 15.2 Å². The number of pyridine rings is 1.